The van der Waals surface area contributed by atoms with Crippen LogP contribution in [-0.2, 0) is 11.2 Å². The number of nitrogens with zero attached hydrogens (tertiary/aromatic N) is 3. The smallest absolute Gasteiger partial charge is 0.123 e. The van der Waals surface area contributed by atoms with E-state index in [0.717, 1.165) is 41.9 Å². The normalized spacial score (nSPS) is 15.6. The lowest BCUT2D eigenvalue weighted by atomic mass is 10.1. The number of aromatic nitrogens is 2. The summed E-state index contributed by atoms with van der Waals surface area (Å²) in [5.41, 5.74) is 4.97. The number of aromatic hydroxyl groups is 1. The molecular formula is C32H37N3O2. The summed E-state index contributed by atoms with van der Waals surface area (Å²) in [6.07, 6.45) is 19.9. The van der Waals surface area contributed by atoms with E-state index in [0.29, 0.717) is 6.42 Å². The molecule has 0 saturated heterocycles. The Balaban J connectivity index is 0.000000308. The van der Waals surface area contributed by atoms with Crippen LogP contribution in [0.1, 0.15) is 31.5 Å². The van der Waals surface area contributed by atoms with Crippen LogP contribution in [0.5, 0.6) is 5.75 Å². The molecule has 1 aliphatic rings. The fourth-order valence-corrected chi connectivity index (χ4v) is 3.47. The van der Waals surface area contributed by atoms with Crippen LogP contribution in [0.4, 0.5) is 0 Å². The van der Waals surface area contributed by atoms with E-state index in [2.05, 4.69) is 97.2 Å². The van der Waals surface area contributed by atoms with E-state index >= 15 is 0 Å². The Labute approximate surface area is 221 Å². The quantitative estimate of drug-likeness (QED) is 0.323. The molecule has 0 aliphatic carbocycles. The highest BCUT2D eigenvalue weighted by molar-refractivity contribution is 5.63. The molecule has 0 bridgehead atoms. The first-order chi connectivity index (χ1) is 17.9. The molecule has 5 heteroatoms. The lowest BCUT2D eigenvalue weighted by Crippen LogP contribution is -2.09. The molecule has 192 valence electrons. The molecule has 0 saturated carbocycles. The summed E-state index contributed by atoms with van der Waals surface area (Å²) in [7, 11) is 2.08. The summed E-state index contributed by atoms with van der Waals surface area (Å²) in [6.45, 7) is 6.59. The fourth-order valence-electron chi connectivity index (χ4n) is 3.47. The summed E-state index contributed by atoms with van der Waals surface area (Å²) < 4.78 is 1.86. The Morgan fingerprint density at radius 3 is 2.38 bits per heavy atom. The van der Waals surface area contributed by atoms with Crippen molar-refractivity contribution in [3.05, 3.63) is 102 Å². The van der Waals surface area contributed by atoms with Gasteiger partial charge in [-0.3, -0.25) is 0 Å². The zero-order chi connectivity index (χ0) is 27.0. The van der Waals surface area contributed by atoms with Gasteiger partial charge in [-0.25, -0.2) is 4.68 Å². The van der Waals surface area contributed by atoms with Crippen molar-refractivity contribution in [1.82, 2.24) is 14.7 Å². The van der Waals surface area contributed by atoms with Gasteiger partial charge in [-0.05, 0) is 56.8 Å². The highest BCUT2D eigenvalue weighted by Crippen LogP contribution is 2.26. The van der Waals surface area contributed by atoms with E-state index in [4.69, 9.17) is 0 Å². The van der Waals surface area contributed by atoms with E-state index in [1.807, 2.05) is 29.8 Å². The second-order valence-electron chi connectivity index (χ2n) is 8.84. The second kappa shape index (κ2) is 15.6. The van der Waals surface area contributed by atoms with Crippen molar-refractivity contribution in [2.75, 3.05) is 13.6 Å². The molecule has 2 aromatic carbocycles. The topological polar surface area (TPSA) is 58.4 Å². The summed E-state index contributed by atoms with van der Waals surface area (Å²) >= 11 is 0. The number of rotatable bonds is 5. The van der Waals surface area contributed by atoms with Crippen LogP contribution in [0.2, 0.25) is 0 Å². The molecular weight excluding hydrogens is 458 g/mol. The first-order valence-electron chi connectivity index (χ1n) is 12.3. The van der Waals surface area contributed by atoms with Gasteiger partial charge in [-0.15, -0.1) is 12.3 Å². The average molecular weight is 496 g/mol. The fraction of sp³-hybridized carbons (Fsp3) is 0.250. The minimum absolute atomic E-state index is 0.0703. The van der Waals surface area contributed by atoms with Crippen molar-refractivity contribution in [3.63, 3.8) is 0 Å². The van der Waals surface area contributed by atoms with E-state index in [9.17, 15) is 9.90 Å². The predicted octanol–water partition coefficient (Wildman–Crippen LogP) is 6.52. The first-order valence-corrected chi connectivity index (χ1v) is 12.3. The number of hydrogen-bond donors (Lipinski definition) is 1. The van der Waals surface area contributed by atoms with Gasteiger partial charge in [0, 0.05) is 31.5 Å². The van der Waals surface area contributed by atoms with E-state index in [1.54, 1.807) is 19.1 Å². The molecule has 1 unspecified atom stereocenters. The Hall–Kier alpha value is -4.30. The van der Waals surface area contributed by atoms with Crippen LogP contribution in [0, 0.1) is 25.2 Å². The van der Waals surface area contributed by atoms with Crippen LogP contribution in [-0.4, -0.2) is 39.7 Å². The van der Waals surface area contributed by atoms with Gasteiger partial charge in [0.1, 0.15) is 12.0 Å². The van der Waals surface area contributed by atoms with E-state index in [-0.39, 0.29) is 11.7 Å². The van der Waals surface area contributed by atoms with Gasteiger partial charge in [0.15, 0.2) is 0 Å². The minimum atomic E-state index is -0.0703. The highest BCUT2D eigenvalue weighted by atomic mass is 16.3. The summed E-state index contributed by atoms with van der Waals surface area (Å²) in [5, 5.41) is 14.2. The number of benzene rings is 2. The van der Waals surface area contributed by atoms with Gasteiger partial charge in [0.05, 0.1) is 17.1 Å². The maximum absolute atomic E-state index is 11.0. The number of phenolic OH excluding ortho intramolecular Hbond substituents is 1. The first kappa shape index (κ1) is 28.9. The molecule has 0 fully saturated rings. The van der Waals surface area contributed by atoms with Gasteiger partial charge < -0.3 is 14.8 Å². The van der Waals surface area contributed by atoms with Gasteiger partial charge >= 0.3 is 0 Å². The van der Waals surface area contributed by atoms with Crippen molar-refractivity contribution in [1.29, 1.82) is 0 Å². The lowest BCUT2D eigenvalue weighted by Gasteiger charge is -2.08. The molecule has 1 aromatic heterocycles. The zero-order valence-corrected chi connectivity index (χ0v) is 22.2. The summed E-state index contributed by atoms with van der Waals surface area (Å²) in [6, 6.07) is 17.2. The van der Waals surface area contributed by atoms with Crippen molar-refractivity contribution in [3.8, 4) is 35.0 Å². The van der Waals surface area contributed by atoms with Crippen molar-refractivity contribution < 1.29 is 9.90 Å². The maximum Gasteiger partial charge on any atom is 0.123 e. The summed E-state index contributed by atoms with van der Waals surface area (Å²) in [5.74, 6) is 2.40. The summed E-state index contributed by atoms with van der Waals surface area (Å²) in [4.78, 5) is 13.1. The number of aldehydes is 1. The number of likely N-dealkylation sites (N-methyl/N-ethyl adjacent to an activating group) is 1. The van der Waals surface area contributed by atoms with E-state index < -0.39 is 0 Å². The molecule has 1 atom stereocenters. The highest BCUT2D eigenvalue weighted by Gasteiger charge is 2.14. The zero-order valence-electron chi connectivity index (χ0n) is 22.2. The molecule has 37 heavy (non-hydrogen) atoms. The van der Waals surface area contributed by atoms with Crippen LogP contribution in [0.25, 0.3) is 16.9 Å². The second-order valence-corrected chi connectivity index (χ2v) is 8.84. The van der Waals surface area contributed by atoms with Crippen LogP contribution in [0.15, 0.2) is 91.2 Å². The molecule has 5 nitrogen and oxygen atoms in total. The number of hydrogen-bond acceptors (Lipinski definition) is 4. The Kier molecular flexibility index (Phi) is 12.2. The third kappa shape index (κ3) is 10.1. The van der Waals surface area contributed by atoms with Gasteiger partial charge in [0.2, 0.25) is 0 Å². The van der Waals surface area contributed by atoms with Crippen molar-refractivity contribution in [2.45, 2.75) is 33.6 Å². The number of carbonyl (C=O) groups excluding carboxylic acids is 1. The van der Waals surface area contributed by atoms with Crippen LogP contribution in [0.3, 0.4) is 0 Å². The lowest BCUT2D eigenvalue weighted by molar-refractivity contribution is -0.110. The standard InChI is InChI=1S/C20H20N2O2.C9H13N.C3H4/c1-14-3-5-16(6-4-14)20-12-17(11-15(2)13-23)21-22(20)18-7-9-19(24)10-8-18;1-10-8-6-4-2-3-5-7-9-10;1-3-2/h3-10,12-13,15,24H,11H2,1-2H3;2-4,6-7,9H,5,8H2,1H3;1H,2H3/b;3-2-,6-4-,9-7-;. The Morgan fingerprint density at radius 1 is 1.08 bits per heavy atom. The SMILES string of the molecule is C#CC.CN1/C=C\C/C=C\C=C/C1.Cc1ccc(-c2cc(CC(C)C=O)nn2-c2ccc(O)cc2)cc1. The third-order valence-electron chi connectivity index (χ3n) is 5.37. The molecule has 1 aliphatic heterocycles. The molecule has 0 radical (unpaired) electrons. The van der Waals surface area contributed by atoms with Gasteiger partial charge in [-0.2, -0.15) is 5.10 Å². The number of terminal acetylenes is 1. The van der Waals surface area contributed by atoms with Crippen molar-refractivity contribution in [2.24, 2.45) is 5.92 Å². The number of aryl methyl sites for hydroxylation is 1. The Morgan fingerprint density at radius 2 is 1.73 bits per heavy atom. The van der Waals surface area contributed by atoms with Crippen LogP contribution >= 0.6 is 0 Å². The maximum atomic E-state index is 11.0. The number of allylic oxidation sites excluding steroid dienone is 4. The molecule has 4 rings (SSSR count). The monoisotopic (exact) mass is 495 g/mol. The minimum Gasteiger partial charge on any atom is -0.508 e. The van der Waals surface area contributed by atoms with Gasteiger partial charge in [0.25, 0.3) is 0 Å². The predicted molar refractivity (Wildman–Crippen MR) is 154 cm³/mol. The molecule has 0 spiro atoms. The third-order valence-corrected chi connectivity index (χ3v) is 5.37. The molecule has 2 heterocycles. The molecule has 3 aromatic rings. The van der Waals surface area contributed by atoms with Gasteiger partial charge in [-0.1, -0.05) is 67.1 Å². The average Bonchev–Trinajstić information content (AvgIpc) is 3.35. The van der Waals surface area contributed by atoms with Crippen LogP contribution < -0.4 is 0 Å². The molecule has 0 amide bonds. The number of carbonyl (C=O) groups is 1. The largest absolute Gasteiger partial charge is 0.508 e. The van der Waals surface area contributed by atoms with Crippen molar-refractivity contribution >= 4 is 6.29 Å². The number of phenols is 1. The molecule has 1 N–H and O–H groups in total. The van der Waals surface area contributed by atoms with E-state index in [1.165, 1.54) is 5.56 Å². The Bertz CT molecular complexity index is 1160.